The fourth-order valence-corrected chi connectivity index (χ4v) is 7.95. The highest BCUT2D eigenvalue weighted by Gasteiger charge is 2.90. The van der Waals surface area contributed by atoms with Crippen LogP contribution in [-0.4, -0.2) is 42.6 Å². The zero-order chi connectivity index (χ0) is 15.6. The molecular formula is C14H20O6S2. The highest BCUT2D eigenvalue weighted by atomic mass is 32.2. The maximum Gasteiger partial charge on any atom is 0.264 e. The van der Waals surface area contributed by atoms with Gasteiger partial charge in [-0.15, -0.1) is 0 Å². The van der Waals surface area contributed by atoms with Gasteiger partial charge in [-0.05, 0) is 59.2 Å². The van der Waals surface area contributed by atoms with E-state index in [0.29, 0.717) is 11.8 Å². The molecule has 2 bridgehead atoms. The quantitative estimate of drug-likeness (QED) is 0.636. The van der Waals surface area contributed by atoms with Gasteiger partial charge in [0.2, 0.25) is 0 Å². The lowest BCUT2D eigenvalue weighted by atomic mass is 9.09. The van der Waals surface area contributed by atoms with Crippen molar-refractivity contribution in [2.45, 2.75) is 0 Å². The summed E-state index contributed by atoms with van der Waals surface area (Å²) in [5, 5.41) is 0. The van der Waals surface area contributed by atoms with Crippen LogP contribution in [0.5, 0.6) is 0 Å². The van der Waals surface area contributed by atoms with Gasteiger partial charge in [-0.25, -0.2) is 0 Å². The molecule has 6 aliphatic carbocycles. The summed E-state index contributed by atoms with van der Waals surface area (Å²) in [6.45, 7) is 0.364. The molecule has 0 aliphatic heterocycles. The van der Waals surface area contributed by atoms with Crippen LogP contribution in [0.3, 0.4) is 0 Å². The number of fused-ring (bicyclic) bond motifs is 1. The summed E-state index contributed by atoms with van der Waals surface area (Å²) in [4.78, 5) is 0. The summed E-state index contributed by atoms with van der Waals surface area (Å²) in [6.07, 6.45) is 2.14. The van der Waals surface area contributed by atoms with Crippen LogP contribution >= 0.6 is 0 Å². The van der Waals surface area contributed by atoms with Crippen molar-refractivity contribution in [3.63, 3.8) is 0 Å². The van der Waals surface area contributed by atoms with Gasteiger partial charge in [0.1, 0.15) is 0 Å². The van der Waals surface area contributed by atoms with Crippen LogP contribution in [-0.2, 0) is 28.6 Å². The Hall–Kier alpha value is -0.180. The average Bonchev–Trinajstić information content (AvgIpc) is 2.33. The minimum absolute atomic E-state index is 0.126. The van der Waals surface area contributed by atoms with E-state index in [4.69, 9.17) is 8.37 Å². The Morgan fingerprint density at radius 1 is 0.591 bits per heavy atom. The second-order valence-corrected chi connectivity index (χ2v) is 11.2. The fourth-order valence-electron chi connectivity index (χ4n) is 7.14. The summed E-state index contributed by atoms with van der Waals surface area (Å²) >= 11 is 0. The Bertz CT molecular complexity index is 659. The van der Waals surface area contributed by atoms with Crippen molar-refractivity contribution < 1.29 is 25.2 Å². The van der Waals surface area contributed by atoms with Crippen molar-refractivity contribution >= 4 is 20.2 Å². The second-order valence-electron chi connectivity index (χ2n) is 7.92. The van der Waals surface area contributed by atoms with Crippen LogP contribution in [0.2, 0.25) is 0 Å². The van der Waals surface area contributed by atoms with Gasteiger partial charge in [0.15, 0.2) is 0 Å². The van der Waals surface area contributed by atoms with E-state index in [-0.39, 0.29) is 25.0 Å². The van der Waals surface area contributed by atoms with Gasteiger partial charge in [0, 0.05) is 0 Å². The van der Waals surface area contributed by atoms with Gasteiger partial charge >= 0.3 is 0 Å². The van der Waals surface area contributed by atoms with Crippen LogP contribution in [0.4, 0.5) is 0 Å². The van der Waals surface area contributed by atoms with Crippen molar-refractivity contribution in [3.05, 3.63) is 0 Å². The highest BCUT2D eigenvalue weighted by Crippen LogP contribution is 2.93. The third-order valence-corrected chi connectivity index (χ3v) is 8.51. The van der Waals surface area contributed by atoms with Crippen molar-refractivity contribution in [2.75, 3.05) is 25.7 Å². The van der Waals surface area contributed by atoms with Crippen molar-refractivity contribution in [2.24, 2.45) is 59.2 Å². The van der Waals surface area contributed by atoms with E-state index in [1.807, 2.05) is 0 Å². The van der Waals surface area contributed by atoms with E-state index in [2.05, 4.69) is 0 Å². The van der Waals surface area contributed by atoms with E-state index in [1.54, 1.807) is 0 Å². The van der Waals surface area contributed by atoms with Gasteiger partial charge in [-0.3, -0.25) is 8.37 Å². The molecule has 0 aromatic rings. The molecule has 124 valence electrons. The molecule has 6 atom stereocenters. The Morgan fingerprint density at radius 3 is 1.14 bits per heavy atom. The predicted octanol–water partition coefficient (Wildman–Crippen LogP) is 0.169. The molecule has 6 fully saturated rings. The van der Waals surface area contributed by atoms with E-state index in [0.717, 1.165) is 48.0 Å². The van der Waals surface area contributed by atoms with Gasteiger partial charge in [0.05, 0.1) is 25.7 Å². The lowest BCUT2D eigenvalue weighted by Crippen LogP contribution is -2.92. The normalized spacial score (nSPS) is 56.3. The monoisotopic (exact) mass is 348 g/mol. The average molecular weight is 348 g/mol. The molecule has 0 spiro atoms. The largest absolute Gasteiger partial charge is 0.270 e. The first-order valence-corrected chi connectivity index (χ1v) is 11.5. The maximum absolute atomic E-state index is 11.3. The Labute approximate surface area is 130 Å². The first-order chi connectivity index (χ1) is 10.2. The molecule has 0 amide bonds. The predicted molar refractivity (Wildman–Crippen MR) is 76.5 cm³/mol. The summed E-state index contributed by atoms with van der Waals surface area (Å²) in [5.41, 5.74) is 0. The van der Waals surface area contributed by atoms with E-state index in [1.165, 1.54) is 0 Å². The molecule has 6 aliphatic rings. The first kappa shape index (κ1) is 14.2. The highest BCUT2D eigenvalue weighted by molar-refractivity contribution is 7.86. The van der Waals surface area contributed by atoms with Gasteiger partial charge in [-0.2, -0.15) is 16.8 Å². The molecule has 6 unspecified atom stereocenters. The molecule has 6 rings (SSSR count). The molecule has 0 radical (unpaired) electrons. The molecular weight excluding hydrogens is 328 g/mol. The van der Waals surface area contributed by atoms with Crippen LogP contribution in [0.25, 0.3) is 0 Å². The minimum atomic E-state index is -3.47. The van der Waals surface area contributed by atoms with Crippen LogP contribution in [0, 0.1) is 59.2 Å². The van der Waals surface area contributed by atoms with E-state index < -0.39 is 20.2 Å². The number of rotatable bonds is 6. The summed E-state index contributed by atoms with van der Waals surface area (Å²) < 4.78 is 55.5. The van der Waals surface area contributed by atoms with Gasteiger partial charge in [0.25, 0.3) is 20.2 Å². The fraction of sp³-hybridized carbons (Fsp3) is 1.00. The van der Waals surface area contributed by atoms with Crippen molar-refractivity contribution in [1.29, 1.82) is 0 Å². The molecule has 6 nitrogen and oxygen atoms in total. The number of hydrogen-bond donors (Lipinski definition) is 0. The van der Waals surface area contributed by atoms with Gasteiger partial charge in [-0.1, -0.05) is 0 Å². The first-order valence-electron chi connectivity index (χ1n) is 7.88. The smallest absolute Gasteiger partial charge is 0.264 e. The second kappa shape index (κ2) is 3.90. The molecule has 6 saturated carbocycles. The maximum atomic E-state index is 11.3. The molecule has 22 heavy (non-hydrogen) atoms. The third kappa shape index (κ3) is 1.53. The molecule has 0 aromatic heterocycles. The Kier molecular flexibility index (Phi) is 2.51. The molecule has 0 heterocycles. The minimum Gasteiger partial charge on any atom is -0.270 e. The van der Waals surface area contributed by atoms with Crippen molar-refractivity contribution in [1.82, 2.24) is 0 Å². The SMILES string of the molecule is CS(=O)(=O)OCC1C(COS(C)(=O)=O)C2C3C4C1C1C2C3C41. The molecule has 0 N–H and O–H groups in total. The zero-order valence-electron chi connectivity index (χ0n) is 12.5. The lowest BCUT2D eigenvalue weighted by Gasteiger charge is -2.95. The van der Waals surface area contributed by atoms with E-state index >= 15 is 0 Å². The lowest BCUT2D eigenvalue weighted by molar-refractivity contribution is -0.487. The topological polar surface area (TPSA) is 86.7 Å². The van der Waals surface area contributed by atoms with Crippen LogP contribution in [0.15, 0.2) is 0 Å². The standard InChI is InChI=1S/C14H20O6S2/c1-21(15,16)19-3-5-6(4-20-22(2,17)18)8-11-9-7(5)10-12(8)14(11)13(9)10/h5-14H,3-4H2,1-2H3. The zero-order valence-corrected chi connectivity index (χ0v) is 14.1. The van der Waals surface area contributed by atoms with E-state index in [9.17, 15) is 16.8 Å². The Morgan fingerprint density at radius 2 is 0.864 bits per heavy atom. The van der Waals surface area contributed by atoms with Crippen LogP contribution < -0.4 is 0 Å². The molecule has 8 heteroatoms. The van der Waals surface area contributed by atoms with Crippen molar-refractivity contribution in [3.8, 4) is 0 Å². The summed E-state index contributed by atoms with van der Waals surface area (Å²) in [6, 6.07) is 0. The molecule has 0 aromatic carbocycles. The third-order valence-electron chi connectivity index (χ3n) is 7.38. The summed E-state index contributed by atoms with van der Waals surface area (Å²) in [7, 11) is -6.93. The van der Waals surface area contributed by atoms with Crippen LogP contribution in [0.1, 0.15) is 0 Å². The van der Waals surface area contributed by atoms with Gasteiger partial charge < -0.3 is 0 Å². The Balaban J connectivity index is 1.38. The number of hydrogen-bond acceptors (Lipinski definition) is 6. The summed E-state index contributed by atoms with van der Waals surface area (Å²) in [5.74, 6) is 6.14. The molecule has 0 saturated heterocycles.